The molecule has 3 rings (SSSR count). The Morgan fingerprint density at radius 2 is 1.96 bits per heavy atom. The number of hydrogen-bond acceptors (Lipinski definition) is 4. The van der Waals surface area contributed by atoms with Gasteiger partial charge in [0.2, 0.25) is 0 Å². The Bertz CT molecular complexity index is 672. The highest BCUT2D eigenvalue weighted by atomic mass is 16.5. The van der Waals surface area contributed by atoms with Crippen LogP contribution in [0.25, 0.3) is 0 Å². The van der Waals surface area contributed by atoms with Gasteiger partial charge in [-0.1, -0.05) is 30.3 Å². The predicted octanol–water partition coefficient (Wildman–Crippen LogP) is 4.11. The number of nitrogens with one attached hydrogen (secondary N) is 1. The maximum Gasteiger partial charge on any atom is 0.144 e. The fourth-order valence-electron chi connectivity index (χ4n) is 3.85. The summed E-state index contributed by atoms with van der Waals surface area (Å²) >= 11 is 0. The second-order valence-electron chi connectivity index (χ2n) is 7.40. The van der Waals surface area contributed by atoms with E-state index >= 15 is 0 Å². The van der Waals surface area contributed by atoms with Crippen LogP contribution in [0.5, 0.6) is 0 Å². The Balaban J connectivity index is 1.76. The minimum absolute atomic E-state index is 0.0861. The first-order chi connectivity index (χ1) is 11.5. The van der Waals surface area contributed by atoms with Crippen LogP contribution >= 0.6 is 0 Å². The summed E-state index contributed by atoms with van der Waals surface area (Å²) in [4.78, 5) is 8.68. The van der Waals surface area contributed by atoms with Gasteiger partial charge in [0.15, 0.2) is 0 Å². The second kappa shape index (κ2) is 6.89. The molecule has 1 fully saturated rings. The van der Waals surface area contributed by atoms with Gasteiger partial charge in [0.05, 0.1) is 17.5 Å². The molecule has 1 aromatic carbocycles. The Morgan fingerprint density at radius 3 is 2.67 bits per heavy atom. The Hall–Kier alpha value is -1.94. The van der Waals surface area contributed by atoms with Crippen LogP contribution in [0, 0.1) is 6.92 Å². The van der Waals surface area contributed by atoms with Crippen LogP contribution in [0.2, 0.25) is 0 Å². The van der Waals surface area contributed by atoms with Crippen molar-refractivity contribution in [3.8, 4) is 0 Å². The monoisotopic (exact) mass is 325 g/mol. The molecule has 0 amide bonds. The molecular weight excluding hydrogens is 298 g/mol. The van der Waals surface area contributed by atoms with Gasteiger partial charge in [-0.2, -0.15) is 0 Å². The molecule has 1 aromatic heterocycles. The third kappa shape index (κ3) is 3.93. The lowest BCUT2D eigenvalue weighted by atomic mass is 9.67. The van der Waals surface area contributed by atoms with E-state index in [-0.39, 0.29) is 11.0 Å². The highest BCUT2D eigenvalue weighted by molar-refractivity contribution is 5.32. The molecule has 1 atom stereocenters. The average molecular weight is 325 g/mol. The number of anilines is 1. The first-order valence-electron chi connectivity index (χ1n) is 8.71. The molecule has 0 aliphatic carbocycles. The molecule has 4 heteroatoms. The van der Waals surface area contributed by atoms with Crippen molar-refractivity contribution in [1.29, 1.82) is 0 Å². The summed E-state index contributed by atoms with van der Waals surface area (Å²) < 4.78 is 5.98. The quantitative estimate of drug-likeness (QED) is 0.898. The van der Waals surface area contributed by atoms with E-state index in [9.17, 15) is 0 Å². The lowest BCUT2D eigenvalue weighted by Gasteiger charge is -2.45. The zero-order valence-electron chi connectivity index (χ0n) is 14.9. The van der Waals surface area contributed by atoms with E-state index in [0.29, 0.717) is 0 Å². The summed E-state index contributed by atoms with van der Waals surface area (Å²) in [5.74, 6) is 0.851. The molecule has 4 nitrogen and oxygen atoms in total. The van der Waals surface area contributed by atoms with Gasteiger partial charge in [-0.05, 0) is 45.6 Å². The second-order valence-corrected chi connectivity index (χ2v) is 7.40. The molecule has 2 aromatic rings. The Morgan fingerprint density at radius 1 is 1.17 bits per heavy atom. The Kier molecular flexibility index (Phi) is 4.86. The lowest BCUT2D eigenvalue weighted by Crippen LogP contribution is -2.44. The summed E-state index contributed by atoms with van der Waals surface area (Å²) in [7, 11) is 0. The molecule has 0 radical (unpaired) electrons. The number of rotatable bonds is 5. The standard InChI is InChI=1S/C20H27N3O/c1-16-13-21-14-18(23-16)22-11-9-20(17-7-5-4-6-8-17)10-12-24-19(2,3)15-20/h4-8,13-14H,9-12,15H2,1-3H3,(H,22,23). The topological polar surface area (TPSA) is 47.0 Å². The maximum atomic E-state index is 5.98. The molecule has 2 heterocycles. The number of nitrogens with zero attached hydrogens (tertiary/aromatic N) is 2. The van der Waals surface area contributed by atoms with E-state index in [2.05, 4.69) is 59.5 Å². The summed E-state index contributed by atoms with van der Waals surface area (Å²) in [6.07, 6.45) is 6.71. The number of benzene rings is 1. The number of aryl methyl sites for hydroxylation is 1. The first-order valence-corrected chi connectivity index (χ1v) is 8.71. The molecule has 1 aliphatic rings. The van der Waals surface area contributed by atoms with Crippen LogP contribution in [-0.2, 0) is 10.2 Å². The third-order valence-electron chi connectivity index (χ3n) is 4.89. The average Bonchev–Trinajstić information content (AvgIpc) is 2.55. The van der Waals surface area contributed by atoms with Crippen LogP contribution in [0.15, 0.2) is 42.7 Å². The Labute approximate surface area is 144 Å². The number of aromatic nitrogens is 2. The SMILES string of the molecule is Cc1cncc(NCCC2(c3ccccc3)CCOC(C)(C)C2)n1. The molecule has 1 N–H and O–H groups in total. The smallest absolute Gasteiger partial charge is 0.144 e. The zero-order chi connectivity index (χ0) is 17.0. The van der Waals surface area contributed by atoms with Crippen molar-refractivity contribution >= 4 is 5.82 Å². The largest absolute Gasteiger partial charge is 0.376 e. The van der Waals surface area contributed by atoms with Crippen molar-refractivity contribution in [3.05, 3.63) is 54.0 Å². The van der Waals surface area contributed by atoms with E-state index in [0.717, 1.165) is 43.9 Å². The van der Waals surface area contributed by atoms with E-state index in [1.165, 1.54) is 5.56 Å². The van der Waals surface area contributed by atoms with Gasteiger partial charge in [0.1, 0.15) is 5.82 Å². The van der Waals surface area contributed by atoms with Crippen LogP contribution in [-0.4, -0.2) is 28.7 Å². The van der Waals surface area contributed by atoms with Crippen LogP contribution in [0.4, 0.5) is 5.82 Å². The van der Waals surface area contributed by atoms with Crippen LogP contribution in [0.3, 0.4) is 0 Å². The molecular formula is C20H27N3O. The fourth-order valence-corrected chi connectivity index (χ4v) is 3.85. The van der Waals surface area contributed by atoms with Gasteiger partial charge >= 0.3 is 0 Å². The van der Waals surface area contributed by atoms with E-state index < -0.39 is 0 Å². The van der Waals surface area contributed by atoms with Gasteiger partial charge in [0, 0.05) is 24.8 Å². The normalized spacial score (nSPS) is 23.0. The van der Waals surface area contributed by atoms with Crippen molar-refractivity contribution < 1.29 is 4.74 Å². The van der Waals surface area contributed by atoms with Gasteiger partial charge in [-0.3, -0.25) is 4.98 Å². The summed E-state index contributed by atoms with van der Waals surface area (Å²) in [5, 5.41) is 3.44. The molecule has 1 aliphatic heterocycles. The van der Waals surface area contributed by atoms with Crippen molar-refractivity contribution in [3.63, 3.8) is 0 Å². The number of hydrogen-bond donors (Lipinski definition) is 1. The number of ether oxygens (including phenoxy) is 1. The van der Waals surface area contributed by atoms with Crippen molar-refractivity contribution in [2.75, 3.05) is 18.5 Å². The highest BCUT2D eigenvalue weighted by Gasteiger charge is 2.41. The molecule has 24 heavy (non-hydrogen) atoms. The summed E-state index contributed by atoms with van der Waals surface area (Å²) in [6.45, 7) is 8.05. The minimum atomic E-state index is -0.0861. The van der Waals surface area contributed by atoms with Gasteiger partial charge in [-0.15, -0.1) is 0 Å². The third-order valence-corrected chi connectivity index (χ3v) is 4.89. The molecule has 1 saturated heterocycles. The fraction of sp³-hybridized carbons (Fsp3) is 0.500. The highest BCUT2D eigenvalue weighted by Crippen LogP contribution is 2.43. The van der Waals surface area contributed by atoms with Gasteiger partial charge < -0.3 is 10.1 Å². The van der Waals surface area contributed by atoms with Crippen molar-refractivity contribution in [1.82, 2.24) is 9.97 Å². The summed E-state index contributed by atoms with van der Waals surface area (Å²) in [6, 6.07) is 10.9. The maximum absolute atomic E-state index is 5.98. The lowest BCUT2D eigenvalue weighted by molar-refractivity contribution is -0.0835. The molecule has 1 unspecified atom stereocenters. The first kappa shape index (κ1) is 16.9. The van der Waals surface area contributed by atoms with Crippen molar-refractivity contribution in [2.24, 2.45) is 0 Å². The predicted molar refractivity (Wildman–Crippen MR) is 97.3 cm³/mol. The molecule has 128 valence electrons. The van der Waals surface area contributed by atoms with Gasteiger partial charge in [-0.25, -0.2) is 4.98 Å². The van der Waals surface area contributed by atoms with Crippen LogP contribution < -0.4 is 5.32 Å². The van der Waals surface area contributed by atoms with Gasteiger partial charge in [0.25, 0.3) is 0 Å². The molecule has 0 bridgehead atoms. The van der Waals surface area contributed by atoms with Crippen molar-refractivity contribution in [2.45, 2.75) is 51.0 Å². The minimum Gasteiger partial charge on any atom is -0.376 e. The molecule has 0 saturated carbocycles. The van der Waals surface area contributed by atoms with E-state index in [4.69, 9.17) is 4.74 Å². The zero-order valence-corrected chi connectivity index (χ0v) is 14.9. The molecule has 0 spiro atoms. The summed E-state index contributed by atoms with van der Waals surface area (Å²) in [5.41, 5.74) is 2.41. The van der Waals surface area contributed by atoms with Crippen LogP contribution in [0.1, 0.15) is 44.4 Å². The van der Waals surface area contributed by atoms with E-state index in [1.54, 1.807) is 12.4 Å². The van der Waals surface area contributed by atoms with E-state index in [1.807, 2.05) is 6.92 Å².